The van der Waals surface area contributed by atoms with Crippen LogP contribution in [-0.2, 0) is 0 Å². The Morgan fingerprint density at radius 2 is 0.940 bits per heavy atom. The molecule has 0 aliphatic heterocycles. The second-order valence-corrected chi connectivity index (χ2v) is 18.7. The lowest BCUT2D eigenvalue weighted by Crippen LogP contribution is -2.04. The first-order chi connectivity index (χ1) is 33.2. The highest BCUT2D eigenvalue weighted by molar-refractivity contribution is 7.27. The zero-order valence-corrected chi connectivity index (χ0v) is 36.8. The quantitative estimate of drug-likeness (QED) is 0.165. The van der Waals surface area contributed by atoms with Crippen LogP contribution >= 0.6 is 11.3 Å². The average Bonchev–Trinajstić information content (AvgIpc) is 4.06. The number of nitrogens with zero attached hydrogens (tertiary/aromatic N) is 4. The summed E-state index contributed by atoms with van der Waals surface area (Å²) in [5, 5.41) is 15.6. The van der Waals surface area contributed by atoms with Crippen LogP contribution in [0.5, 0.6) is 0 Å². The van der Waals surface area contributed by atoms with Crippen molar-refractivity contribution in [2.24, 2.45) is 0 Å². The highest BCUT2D eigenvalue weighted by Gasteiger charge is 2.25. The third-order valence-electron chi connectivity index (χ3n) is 14.1. The number of benzene rings is 11. The Balaban J connectivity index is 1.03. The molecule has 0 saturated heterocycles. The van der Waals surface area contributed by atoms with E-state index in [-0.39, 0.29) is 0 Å². The molecule has 0 aliphatic rings. The Morgan fingerprint density at radius 3 is 1.78 bits per heavy atom. The van der Waals surface area contributed by atoms with Crippen molar-refractivity contribution in [2.45, 2.75) is 0 Å². The Hall–Kier alpha value is -8.64. The van der Waals surface area contributed by atoms with Gasteiger partial charge in [0.25, 0.3) is 0 Å². The fraction of sp³-hybridized carbons (Fsp3) is 0. The first-order valence-electron chi connectivity index (χ1n) is 22.8. The summed E-state index contributed by atoms with van der Waals surface area (Å²) in [4.78, 5) is 11.3. The maximum absolute atomic E-state index is 5.65. The van der Waals surface area contributed by atoms with Crippen molar-refractivity contribution in [1.29, 1.82) is 0 Å². The van der Waals surface area contributed by atoms with E-state index in [2.05, 4.69) is 228 Å². The van der Waals surface area contributed by atoms with Crippen LogP contribution in [0.25, 0.3) is 141 Å². The van der Waals surface area contributed by atoms with Crippen molar-refractivity contribution in [3.63, 3.8) is 0 Å². The van der Waals surface area contributed by atoms with Gasteiger partial charge in [-0.2, -0.15) is 0 Å². The summed E-state index contributed by atoms with van der Waals surface area (Å²) in [6, 6.07) is 79.5. The lowest BCUT2D eigenvalue weighted by atomic mass is 9.97. The van der Waals surface area contributed by atoms with Crippen molar-refractivity contribution >= 4 is 118 Å². The summed E-state index contributed by atoms with van der Waals surface area (Å²) in [5.41, 5.74) is 11.1. The Bertz CT molecular complexity index is 4570. The van der Waals surface area contributed by atoms with Crippen molar-refractivity contribution in [1.82, 2.24) is 19.1 Å². The fourth-order valence-corrected chi connectivity index (χ4v) is 12.3. The van der Waals surface area contributed by atoms with Crippen LogP contribution in [-0.4, -0.2) is 19.1 Å². The predicted molar refractivity (Wildman–Crippen MR) is 284 cm³/mol. The van der Waals surface area contributed by atoms with Crippen molar-refractivity contribution in [3.05, 3.63) is 218 Å². The smallest absolute Gasteiger partial charge is 0.235 e. The molecule has 310 valence electrons. The summed E-state index contributed by atoms with van der Waals surface area (Å²) in [6.07, 6.45) is 0. The van der Waals surface area contributed by atoms with Gasteiger partial charge in [-0.15, -0.1) is 11.3 Å². The van der Waals surface area contributed by atoms with E-state index in [1.807, 2.05) is 11.3 Å². The molecule has 15 aromatic rings. The van der Waals surface area contributed by atoms with Gasteiger partial charge in [-0.25, -0.2) is 9.97 Å². The summed E-state index contributed by atoms with van der Waals surface area (Å²) >= 11 is 1.87. The zero-order chi connectivity index (χ0) is 43.7. The third-order valence-corrected chi connectivity index (χ3v) is 15.2. The van der Waals surface area contributed by atoms with E-state index in [9.17, 15) is 0 Å². The molecule has 0 aliphatic carbocycles. The van der Waals surface area contributed by atoms with Gasteiger partial charge in [0.1, 0.15) is 0 Å². The minimum Gasteiger partial charge on any atom is -0.309 e. The molecule has 0 N–H and O–H groups in total. The summed E-state index contributed by atoms with van der Waals surface area (Å²) in [7, 11) is 0. The highest BCUT2D eigenvalue weighted by Crippen LogP contribution is 2.49. The van der Waals surface area contributed by atoms with Crippen LogP contribution in [0.4, 0.5) is 0 Å². The van der Waals surface area contributed by atoms with Gasteiger partial charge >= 0.3 is 0 Å². The first kappa shape index (κ1) is 36.7. The first-order valence-corrected chi connectivity index (χ1v) is 23.6. The van der Waals surface area contributed by atoms with Crippen molar-refractivity contribution in [2.75, 3.05) is 0 Å². The normalized spacial score (nSPS) is 12.2. The van der Waals surface area contributed by atoms with Gasteiger partial charge in [0, 0.05) is 59.0 Å². The second-order valence-electron chi connectivity index (χ2n) is 17.7. The molecular formula is C62H36N4S. The fourth-order valence-electron chi connectivity index (χ4n) is 11.1. The molecule has 0 radical (unpaired) electrons. The molecule has 0 bridgehead atoms. The van der Waals surface area contributed by atoms with E-state index < -0.39 is 0 Å². The van der Waals surface area contributed by atoms with Gasteiger partial charge < -0.3 is 4.57 Å². The molecular weight excluding hydrogens is 833 g/mol. The van der Waals surface area contributed by atoms with E-state index in [1.165, 1.54) is 85.4 Å². The van der Waals surface area contributed by atoms with E-state index in [1.54, 1.807) is 0 Å². The van der Waals surface area contributed by atoms with Crippen LogP contribution < -0.4 is 0 Å². The SMILES string of the molecule is c1ccc(-n2c3ccccc3c3ccc(-c4ccc5sc6c(c5c4)c4ccccc4c4c5ccccc5n(-c5nc(-c7ccc8ccccc8c7)c7ccc8ccccc8c7n5)c64)cc32)cc1. The molecule has 0 spiro atoms. The van der Waals surface area contributed by atoms with Gasteiger partial charge in [0.2, 0.25) is 5.95 Å². The van der Waals surface area contributed by atoms with Gasteiger partial charge in [0.15, 0.2) is 0 Å². The summed E-state index contributed by atoms with van der Waals surface area (Å²) in [6.45, 7) is 0. The highest BCUT2D eigenvalue weighted by atomic mass is 32.1. The minimum absolute atomic E-state index is 0.662. The van der Waals surface area contributed by atoms with Crippen LogP contribution in [0, 0.1) is 0 Å². The number of rotatable bonds is 4. The van der Waals surface area contributed by atoms with Crippen molar-refractivity contribution < 1.29 is 0 Å². The van der Waals surface area contributed by atoms with Crippen LogP contribution in [0.3, 0.4) is 0 Å². The van der Waals surface area contributed by atoms with E-state index in [4.69, 9.17) is 9.97 Å². The summed E-state index contributed by atoms with van der Waals surface area (Å²) < 4.78 is 7.23. The molecule has 15 rings (SSSR count). The molecule has 11 aromatic carbocycles. The van der Waals surface area contributed by atoms with E-state index >= 15 is 0 Å². The number of aromatic nitrogens is 4. The monoisotopic (exact) mass is 868 g/mol. The minimum atomic E-state index is 0.662. The number of thiophene rings is 1. The largest absolute Gasteiger partial charge is 0.309 e. The van der Waals surface area contributed by atoms with E-state index in [0.717, 1.165) is 49.7 Å². The Morgan fingerprint density at radius 1 is 0.343 bits per heavy atom. The Kier molecular flexibility index (Phi) is 7.63. The Labute approximate surface area is 387 Å². The molecule has 5 heteroatoms. The lowest BCUT2D eigenvalue weighted by Gasteiger charge is -2.14. The third kappa shape index (κ3) is 5.29. The van der Waals surface area contributed by atoms with Gasteiger partial charge in [-0.05, 0) is 92.7 Å². The molecule has 0 atom stereocenters. The average molecular weight is 869 g/mol. The number of hydrogen-bond donors (Lipinski definition) is 0. The van der Waals surface area contributed by atoms with Gasteiger partial charge in [-0.3, -0.25) is 4.57 Å². The molecule has 4 nitrogen and oxygen atoms in total. The van der Waals surface area contributed by atoms with Crippen LogP contribution in [0.15, 0.2) is 218 Å². The number of para-hydroxylation sites is 3. The molecule has 0 saturated carbocycles. The van der Waals surface area contributed by atoms with Crippen LogP contribution in [0.2, 0.25) is 0 Å². The standard InChI is InChI=1S/C62H36N4S/c1-2-17-43(18-3-1)65-52-24-12-10-20-45(52)46-31-29-41(36-54(46)65)40-30-33-55-51(35-40)57-48-22-9-8-21-47(48)56-49-23-11-13-25-53(49)66(60(56)61(57)67-55)62-63-58(42-27-26-37-14-4-5-16-39(37)34-42)50-32-28-38-15-6-7-19-44(38)59(50)64-62/h1-36H. The van der Waals surface area contributed by atoms with Crippen molar-refractivity contribution in [3.8, 4) is 34.0 Å². The molecule has 0 unspecified atom stereocenters. The summed E-state index contributed by atoms with van der Waals surface area (Å²) in [5.74, 6) is 0.662. The van der Waals surface area contributed by atoms with Gasteiger partial charge in [-0.1, -0.05) is 164 Å². The number of fused-ring (bicyclic) bond motifs is 17. The predicted octanol–water partition coefficient (Wildman–Crippen LogP) is 17.0. The maximum Gasteiger partial charge on any atom is 0.235 e. The number of hydrogen-bond acceptors (Lipinski definition) is 3. The van der Waals surface area contributed by atoms with Gasteiger partial charge in [0.05, 0.1) is 38.0 Å². The second kappa shape index (κ2) is 13.9. The maximum atomic E-state index is 5.65. The molecule has 67 heavy (non-hydrogen) atoms. The van der Waals surface area contributed by atoms with Crippen LogP contribution in [0.1, 0.15) is 0 Å². The lowest BCUT2D eigenvalue weighted by molar-refractivity contribution is 1.02. The zero-order valence-electron chi connectivity index (χ0n) is 36.0. The molecule has 4 aromatic heterocycles. The molecule has 0 fully saturated rings. The van der Waals surface area contributed by atoms with E-state index in [0.29, 0.717) is 5.95 Å². The molecule has 4 heterocycles. The molecule has 0 amide bonds. The topological polar surface area (TPSA) is 35.6 Å².